The second kappa shape index (κ2) is 11.8. The molecule has 0 atom stereocenters. The Hall–Kier alpha value is -4.33. The van der Waals surface area contributed by atoms with Crippen molar-refractivity contribution in [3.8, 4) is 11.5 Å². The summed E-state index contributed by atoms with van der Waals surface area (Å²) in [6, 6.07) is 18.1. The van der Waals surface area contributed by atoms with E-state index in [4.69, 9.17) is 9.47 Å². The number of benzene rings is 3. The fourth-order valence-electron chi connectivity index (χ4n) is 4.34. The molecule has 0 saturated heterocycles. The minimum atomic E-state index is -0.434. The summed E-state index contributed by atoms with van der Waals surface area (Å²) in [5, 5.41) is 3.24. The molecule has 0 unspecified atom stereocenters. The van der Waals surface area contributed by atoms with Crippen molar-refractivity contribution in [1.29, 1.82) is 0 Å². The molecule has 0 aliphatic rings. The van der Waals surface area contributed by atoms with Crippen molar-refractivity contribution in [2.45, 2.75) is 39.8 Å². The third kappa shape index (κ3) is 5.64. The van der Waals surface area contributed by atoms with Gasteiger partial charge in [-0.25, -0.2) is 4.79 Å². The average molecular weight is 516 g/mol. The minimum absolute atomic E-state index is 0.0631. The first kappa shape index (κ1) is 26.7. The van der Waals surface area contributed by atoms with Crippen LogP contribution >= 0.6 is 0 Å². The highest BCUT2D eigenvalue weighted by Crippen LogP contribution is 2.30. The van der Waals surface area contributed by atoms with E-state index in [0.717, 1.165) is 29.5 Å². The Morgan fingerprint density at radius 1 is 0.842 bits per heavy atom. The number of nitrogens with one attached hydrogen (secondary N) is 1. The molecule has 0 spiro atoms. The van der Waals surface area contributed by atoms with Crippen molar-refractivity contribution in [3.63, 3.8) is 0 Å². The number of nitrogens with zero attached hydrogens (tertiary/aromatic N) is 2. The van der Waals surface area contributed by atoms with Crippen LogP contribution in [0.5, 0.6) is 11.5 Å². The fourth-order valence-corrected chi connectivity index (χ4v) is 4.34. The average Bonchev–Trinajstić information content (AvgIpc) is 2.94. The Morgan fingerprint density at radius 2 is 1.42 bits per heavy atom. The fraction of sp³-hybridized carbons (Fsp3) is 0.300. The van der Waals surface area contributed by atoms with Crippen LogP contribution in [0, 0.1) is 6.92 Å². The van der Waals surface area contributed by atoms with Gasteiger partial charge in [0.05, 0.1) is 38.2 Å². The van der Waals surface area contributed by atoms with Crippen LogP contribution in [0.1, 0.15) is 46.8 Å². The zero-order valence-corrected chi connectivity index (χ0v) is 22.2. The molecule has 38 heavy (non-hydrogen) atoms. The second-order valence-corrected chi connectivity index (χ2v) is 9.28. The number of methoxy groups -OCH3 is 2. The van der Waals surface area contributed by atoms with Crippen LogP contribution in [-0.4, -0.2) is 35.8 Å². The van der Waals surface area contributed by atoms with Gasteiger partial charge in [0.1, 0.15) is 0 Å². The highest BCUT2D eigenvalue weighted by atomic mass is 16.5. The van der Waals surface area contributed by atoms with Gasteiger partial charge in [-0.1, -0.05) is 55.3 Å². The molecule has 0 bridgehead atoms. The molecule has 0 aliphatic carbocycles. The summed E-state index contributed by atoms with van der Waals surface area (Å²) >= 11 is 0. The lowest BCUT2D eigenvalue weighted by molar-refractivity contribution is 0.0953. The summed E-state index contributed by atoms with van der Waals surface area (Å²) in [4.78, 5) is 39.7. The van der Waals surface area contributed by atoms with Crippen LogP contribution in [-0.2, 0) is 13.1 Å². The van der Waals surface area contributed by atoms with Crippen LogP contribution < -0.4 is 26.0 Å². The van der Waals surface area contributed by atoms with Crippen molar-refractivity contribution in [3.05, 3.63) is 104 Å². The van der Waals surface area contributed by atoms with Crippen LogP contribution in [0.15, 0.2) is 70.3 Å². The summed E-state index contributed by atoms with van der Waals surface area (Å²) in [5.41, 5.74) is 2.92. The molecular formula is C30H33N3O5. The summed E-state index contributed by atoms with van der Waals surface area (Å²) in [6.45, 7) is 5.04. The zero-order chi connectivity index (χ0) is 27.2. The predicted octanol–water partition coefficient (Wildman–Crippen LogP) is 4.12. The Kier molecular flexibility index (Phi) is 8.31. The van der Waals surface area contributed by atoms with E-state index in [1.807, 2.05) is 31.2 Å². The van der Waals surface area contributed by atoms with Gasteiger partial charge in [0.25, 0.3) is 11.5 Å². The number of aryl methyl sites for hydroxylation is 1. The first-order chi connectivity index (χ1) is 18.4. The van der Waals surface area contributed by atoms with Gasteiger partial charge < -0.3 is 14.8 Å². The van der Waals surface area contributed by atoms with Crippen molar-refractivity contribution < 1.29 is 14.3 Å². The van der Waals surface area contributed by atoms with Crippen LogP contribution in [0.3, 0.4) is 0 Å². The van der Waals surface area contributed by atoms with Gasteiger partial charge >= 0.3 is 5.69 Å². The maximum atomic E-state index is 13.7. The number of hydrogen-bond donors (Lipinski definition) is 1. The number of hydrogen-bond acceptors (Lipinski definition) is 5. The first-order valence-corrected chi connectivity index (χ1v) is 12.7. The van der Waals surface area contributed by atoms with Crippen LogP contribution in [0.2, 0.25) is 0 Å². The molecule has 0 fully saturated rings. The third-order valence-corrected chi connectivity index (χ3v) is 6.56. The van der Waals surface area contributed by atoms with E-state index in [1.165, 1.54) is 18.8 Å². The van der Waals surface area contributed by atoms with Gasteiger partial charge in [-0.2, -0.15) is 0 Å². The number of fused-ring (bicyclic) bond motifs is 1. The van der Waals surface area contributed by atoms with E-state index in [-0.39, 0.29) is 19.0 Å². The van der Waals surface area contributed by atoms with Gasteiger partial charge in [0, 0.05) is 18.2 Å². The predicted molar refractivity (Wildman–Crippen MR) is 149 cm³/mol. The molecular weight excluding hydrogens is 482 g/mol. The van der Waals surface area contributed by atoms with Gasteiger partial charge in [-0.3, -0.25) is 18.7 Å². The highest BCUT2D eigenvalue weighted by Gasteiger charge is 2.18. The number of unbranched alkanes of at least 4 members (excludes halogenated alkanes) is 1. The monoisotopic (exact) mass is 515 g/mol. The maximum absolute atomic E-state index is 13.7. The summed E-state index contributed by atoms with van der Waals surface area (Å²) in [5.74, 6) is 0.694. The molecule has 4 rings (SSSR count). The second-order valence-electron chi connectivity index (χ2n) is 9.28. The summed E-state index contributed by atoms with van der Waals surface area (Å²) in [7, 11) is 3.02. The lowest BCUT2D eigenvalue weighted by atomic mass is 10.1. The van der Waals surface area contributed by atoms with E-state index >= 15 is 0 Å². The molecule has 198 valence electrons. The quantitative estimate of drug-likeness (QED) is 0.321. The van der Waals surface area contributed by atoms with Gasteiger partial charge in [0.15, 0.2) is 11.5 Å². The Morgan fingerprint density at radius 3 is 2.03 bits per heavy atom. The number of aromatic nitrogens is 2. The SMILES string of the molecule is CCCCNC(=O)c1ccc(Cn2c(=O)c3cc(OC)c(OC)cc3n(Cc3ccc(C)cc3)c2=O)cc1. The van der Waals surface area contributed by atoms with Crippen LogP contribution in [0.25, 0.3) is 10.9 Å². The maximum Gasteiger partial charge on any atom is 0.332 e. The van der Waals surface area contributed by atoms with Crippen molar-refractivity contribution >= 4 is 16.8 Å². The number of rotatable bonds is 10. The molecule has 1 heterocycles. The van der Waals surface area contributed by atoms with Crippen molar-refractivity contribution in [1.82, 2.24) is 14.5 Å². The highest BCUT2D eigenvalue weighted by molar-refractivity contribution is 5.94. The summed E-state index contributed by atoms with van der Waals surface area (Å²) in [6.07, 6.45) is 1.92. The molecule has 4 aromatic rings. The minimum Gasteiger partial charge on any atom is -0.493 e. The normalized spacial score (nSPS) is 10.9. The first-order valence-electron chi connectivity index (χ1n) is 12.7. The summed E-state index contributed by atoms with van der Waals surface area (Å²) < 4.78 is 13.7. The molecule has 0 saturated carbocycles. The topological polar surface area (TPSA) is 91.6 Å². The number of carbonyl (C=O) groups excluding carboxylic acids is 1. The lowest BCUT2D eigenvalue weighted by Crippen LogP contribution is -2.40. The molecule has 1 aromatic heterocycles. The smallest absolute Gasteiger partial charge is 0.332 e. The van der Waals surface area contributed by atoms with Gasteiger partial charge in [-0.15, -0.1) is 0 Å². The largest absolute Gasteiger partial charge is 0.493 e. The van der Waals surface area contributed by atoms with E-state index in [0.29, 0.717) is 34.5 Å². The lowest BCUT2D eigenvalue weighted by Gasteiger charge is -2.17. The molecule has 3 aromatic carbocycles. The molecule has 8 heteroatoms. The molecule has 8 nitrogen and oxygen atoms in total. The van der Waals surface area contributed by atoms with E-state index < -0.39 is 11.2 Å². The van der Waals surface area contributed by atoms with Crippen molar-refractivity contribution in [2.75, 3.05) is 20.8 Å². The Labute approximate surface area is 221 Å². The van der Waals surface area contributed by atoms with Crippen LogP contribution in [0.4, 0.5) is 0 Å². The Bertz CT molecular complexity index is 1550. The van der Waals surface area contributed by atoms with Gasteiger partial charge in [-0.05, 0) is 42.7 Å². The van der Waals surface area contributed by atoms with Crippen molar-refractivity contribution in [2.24, 2.45) is 0 Å². The standard InChI is InChI=1S/C30H33N3O5/c1-5-6-15-31-28(34)23-13-11-22(12-14-23)19-33-29(35)24-16-26(37-3)27(38-4)17-25(24)32(30(33)36)18-21-9-7-20(2)8-10-21/h7-14,16-17H,5-6,15,18-19H2,1-4H3,(H,31,34). The molecule has 1 amide bonds. The third-order valence-electron chi connectivity index (χ3n) is 6.56. The Balaban J connectivity index is 1.78. The molecule has 0 aliphatic heterocycles. The number of carbonyl (C=O) groups is 1. The zero-order valence-electron chi connectivity index (χ0n) is 22.2. The molecule has 1 N–H and O–H groups in total. The van der Waals surface area contributed by atoms with Gasteiger partial charge in [0.2, 0.25) is 0 Å². The van der Waals surface area contributed by atoms with E-state index in [2.05, 4.69) is 12.2 Å². The van der Waals surface area contributed by atoms with E-state index in [1.54, 1.807) is 41.0 Å². The van der Waals surface area contributed by atoms with E-state index in [9.17, 15) is 14.4 Å². The number of ether oxygens (including phenoxy) is 2. The molecule has 0 radical (unpaired) electrons. The number of amides is 1.